The summed E-state index contributed by atoms with van der Waals surface area (Å²) in [5.74, 6) is 1.15. The first kappa shape index (κ1) is 18.8. The molecule has 0 N–H and O–H groups in total. The second-order valence-corrected chi connectivity index (χ2v) is 7.02. The minimum atomic E-state index is -0.192. The van der Waals surface area contributed by atoms with E-state index in [2.05, 4.69) is 10.1 Å². The van der Waals surface area contributed by atoms with E-state index >= 15 is 0 Å². The Morgan fingerprint density at radius 2 is 2.08 bits per heavy atom. The molecule has 0 unspecified atom stereocenters. The van der Waals surface area contributed by atoms with Crippen molar-refractivity contribution in [1.29, 1.82) is 0 Å². The summed E-state index contributed by atoms with van der Waals surface area (Å²) >= 11 is 0. The molecule has 0 aliphatic carbocycles. The van der Waals surface area contributed by atoms with Crippen molar-refractivity contribution in [2.24, 2.45) is 0 Å². The number of methoxy groups -OCH3 is 1. The summed E-state index contributed by atoms with van der Waals surface area (Å²) in [7, 11) is 1.63. The first-order valence-electron chi connectivity index (χ1n) is 9.57. The second-order valence-electron chi connectivity index (χ2n) is 7.02. The fourth-order valence-electron chi connectivity index (χ4n) is 3.64. The third kappa shape index (κ3) is 4.60. The summed E-state index contributed by atoms with van der Waals surface area (Å²) in [6, 6.07) is -0.192. The average Bonchev–Trinajstić information content (AvgIpc) is 3.04. The quantitative estimate of drug-likeness (QED) is 0.763. The highest BCUT2D eigenvalue weighted by Crippen LogP contribution is 2.30. The van der Waals surface area contributed by atoms with Crippen LogP contribution >= 0.6 is 0 Å². The number of ether oxygens (including phenoxy) is 1. The number of hydrogen-bond acceptors (Lipinski definition) is 6. The molecular weight excluding hydrogens is 336 g/mol. The zero-order chi connectivity index (χ0) is 18.4. The van der Waals surface area contributed by atoms with E-state index in [4.69, 9.17) is 9.26 Å². The zero-order valence-corrected chi connectivity index (χ0v) is 15.5. The molecule has 8 nitrogen and oxygen atoms in total. The first-order valence-corrected chi connectivity index (χ1v) is 9.57. The van der Waals surface area contributed by atoms with E-state index in [1.165, 1.54) is 0 Å². The van der Waals surface area contributed by atoms with Crippen molar-refractivity contribution in [2.75, 3.05) is 33.4 Å². The standard InChI is InChI=1S/C18H28N4O4/c1-25-12-9-15-19-18(26-20-15)14-7-4-6-11-22(14)17(24)13-21-10-5-2-3-8-16(21)23/h14H,2-13H2,1H3/t14-/m0/s1. The van der Waals surface area contributed by atoms with Crippen LogP contribution in [0.4, 0.5) is 0 Å². The Morgan fingerprint density at radius 3 is 2.92 bits per heavy atom. The maximum Gasteiger partial charge on any atom is 0.249 e. The molecule has 8 heteroatoms. The maximum absolute atomic E-state index is 12.9. The number of likely N-dealkylation sites (tertiary alicyclic amines) is 2. The molecule has 2 amide bonds. The number of amides is 2. The molecule has 2 aliphatic rings. The second kappa shape index (κ2) is 9.12. The predicted molar refractivity (Wildman–Crippen MR) is 93.2 cm³/mol. The molecule has 0 bridgehead atoms. The molecule has 2 fully saturated rings. The Balaban J connectivity index is 1.66. The van der Waals surface area contributed by atoms with E-state index < -0.39 is 0 Å². The van der Waals surface area contributed by atoms with E-state index in [1.54, 1.807) is 12.0 Å². The molecule has 3 heterocycles. The third-order valence-corrected chi connectivity index (χ3v) is 5.12. The molecule has 0 saturated carbocycles. The molecular formula is C18H28N4O4. The van der Waals surface area contributed by atoms with Gasteiger partial charge >= 0.3 is 0 Å². The van der Waals surface area contributed by atoms with Crippen molar-refractivity contribution >= 4 is 11.8 Å². The lowest BCUT2D eigenvalue weighted by Gasteiger charge is -2.35. The van der Waals surface area contributed by atoms with Gasteiger partial charge in [0.1, 0.15) is 6.04 Å². The summed E-state index contributed by atoms with van der Waals surface area (Å²) in [5, 5.41) is 3.99. The summed E-state index contributed by atoms with van der Waals surface area (Å²) in [4.78, 5) is 33.1. The molecule has 26 heavy (non-hydrogen) atoms. The van der Waals surface area contributed by atoms with Gasteiger partial charge in [-0.05, 0) is 32.1 Å². The molecule has 3 rings (SSSR count). The molecule has 1 atom stereocenters. The molecule has 2 aliphatic heterocycles. The van der Waals surface area contributed by atoms with Crippen LogP contribution in [-0.2, 0) is 20.7 Å². The van der Waals surface area contributed by atoms with E-state index in [-0.39, 0.29) is 24.4 Å². The van der Waals surface area contributed by atoms with Gasteiger partial charge in [-0.3, -0.25) is 9.59 Å². The number of piperidine rings is 1. The third-order valence-electron chi connectivity index (χ3n) is 5.12. The van der Waals surface area contributed by atoms with Gasteiger partial charge in [-0.15, -0.1) is 0 Å². The fourth-order valence-corrected chi connectivity index (χ4v) is 3.64. The van der Waals surface area contributed by atoms with Gasteiger partial charge in [-0.1, -0.05) is 11.6 Å². The Bertz CT molecular complexity index is 618. The largest absolute Gasteiger partial charge is 0.384 e. The monoisotopic (exact) mass is 364 g/mol. The number of carbonyl (C=O) groups excluding carboxylic acids is 2. The van der Waals surface area contributed by atoms with E-state index in [9.17, 15) is 9.59 Å². The van der Waals surface area contributed by atoms with Crippen LogP contribution in [0, 0.1) is 0 Å². The molecule has 1 aromatic heterocycles. The van der Waals surface area contributed by atoms with Crippen molar-refractivity contribution in [1.82, 2.24) is 19.9 Å². The summed E-state index contributed by atoms with van der Waals surface area (Å²) in [6.07, 6.45) is 6.86. The SMILES string of the molecule is COCCc1noc([C@@H]2CCCCN2C(=O)CN2CCCCCC2=O)n1. The molecule has 1 aromatic rings. The lowest BCUT2D eigenvalue weighted by Crippen LogP contribution is -2.46. The highest BCUT2D eigenvalue weighted by molar-refractivity contribution is 5.85. The van der Waals surface area contributed by atoms with Gasteiger partial charge in [0.2, 0.25) is 17.7 Å². The summed E-state index contributed by atoms with van der Waals surface area (Å²) < 4.78 is 10.5. The zero-order valence-electron chi connectivity index (χ0n) is 15.5. The van der Waals surface area contributed by atoms with Crippen LogP contribution < -0.4 is 0 Å². The van der Waals surface area contributed by atoms with Crippen LogP contribution in [0.1, 0.15) is 62.7 Å². The van der Waals surface area contributed by atoms with Gasteiger partial charge in [0.15, 0.2) is 5.82 Å². The lowest BCUT2D eigenvalue weighted by molar-refractivity contribution is -0.143. The number of carbonyl (C=O) groups is 2. The van der Waals surface area contributed by atoms with Gasteiger partial charge in [0, 0.05) is 33.0 Å². The van der Waals surface area contributed by atoms with Gasteiger partial charge in [-0.2, -0.15) is 4.98 Å². The van der Waals surface area contributed by atoms with E-state index in [0.717, 1.165) is 38.5 Å². The Hall–Kier alpha value is -1.96. The Labute approximate surface area is 153 Å². The van der Waals surface area contributed by atoms with Crippen molar-refractivity contribution in [3.63, 3.8) is 0 Å². The average molecular weight is 364 g/mol. The number of hydrogen-bond donors (Lipinski definition) is 0. The Kier molecular flexibility index (Phi) is 6.60. The number of nitrogens with zero attached hydrogens (tertiary/aromatic N) is 4. The van der Waals surface area contributed by atoms with Gasteiger partial charge in [0.05, 0.1) is 13.2 Å². The lowest BCUT2D eigenvalue weighted by atomic mass is 10.0. The minimum Gasteiger partial charge on any atom is -0.384 e. The van der Waals surface area contributed by atoms with E-state index in [1.807, 2.05) is 4.90 Å². The molecule has 0 radical (unpaired) electrons. The predicted octanol–water partition coefficient (Wildman–Crippen LogP) is 1.71. The molecule has 0 aromatic carbocycles. The van der Waals surface area contributed by atoms with Crippen LogP contribution in [0.5, 0.6) is 0 Å². The number of aromatic nitrogens is 2. The summed E-state index contributed by atoms with van der Waals surface area (Å²) in [6.45, 7) is 2.02. The number of rotatable bonds is 6. The minimum absolute atomic E-state index is 0.0263. The first-order chi connectivity index (χ1) is 12.7. The van der Waals surface area contributed by atoms with Crippen molar-refractivity contribution in [3.05, 3.63) is 11.7 Å². The van der Waals surface area contributed by atoms with Gasteiger partial charge in [0.25, 0.3) is 0 Å². The Morgan fingerprint density at radius 1 is 1.23 bits per heavy atom. The maximum atomic E-state index is 12.9. The highest BCUT2D eigenvalue weighted by atomic mass is 16.5. The molecule has 0 spiro atoms. The summed E-state index contributed by atoms with van der Waals surface area (Å²) in [5.41, 5.74) is 0. The van der Waals surface area contributed by atoms with Crippen LogP contribution in [0.3, 0.4) is 0 Å². The van der Waals surface area contributed by atoms with Crippen molar-refractivity contribution < 1.29 is 18.8 Å². The van der Waals surface area contributed by atoms with Crippen LogP contribution in [0.2, 0.25) is 0 Å². The fraction of sp³-hybridized carbons (Fsp3) is 0.778. The normalized spacial score (nSPS) is 21.7. The van der Waals surface area contributed by atoms with Crippen molar-refractivity contribution in [2.45, 2.75) is 57.4 Å². The van der Waals surface area contributed by atoms with Gasteiger partial charge < -0.3 is 19.1 Å². The highest BCUT2D eigenvalue weighted by Gasteiger charge is 2.33. The molecule has 2 saturated heterocycles. The van der Waals surface area contributed by atoms with Crippen LogP contribution in [-0.4, -0.2) is 65.1 Å². The smallest absolute Gasteiger partial charge is 0.249 e. The van der Waals surface area contributed by atoms with E-state index in [0.29, 0.717) is 44.3 Å². The van der Waals surface area contributed by atoms with Gasteiger partial charge in [-0.25, -0.2) is 0 Å². The topological polar surface area (TPSA) is 88.8 Å². The van der Waals surface area contributed by atoms with Crippen molar-refractivity contribution in [3.8, 4) is 0 Å². The van der Waals surface area contributed by atoms with Crippen LogP contribution in [0.15, 0.2) is 4.52 Å². The molecule has 144 valence electrons. The van der Waals surface area contributed by atoms with Crippen LogP contribution in [0.25, 0.3) is 0 Å².